The van der Waals surface area contributed by atoms with Gasteiger partial charge in [0.2, 0.25) is 5.91 Å². The second-order valence-electron chi connectivity index (χ2n) is 8.21. The quantitative estimate of drug-likeness (QED) is 0.551. The van der Waals surface area contributed by atoms with E-state index in [9.17, 15) is 4.79 Å². The summed E-state index contributed by atoms with van der Waals surface area (Å²) in [7, 11) is 1.84. The monoisotopic (exact) mass is 434 g/mol. The zero-order chi connectivity index (χ0) is 22.7. The predicted molar refractivity (Wildman–Crippen MR) is 125 cm³/mol. The first-order valence-electron chi connectivity index (χ1n) is 10.9. The Labute approximate surface area is 188 Å². The van der Waals surface area contributed by atoms with Crippen LogP contribution < -0.4 is 4.90 Å². The SMILES string of the molecule is Cc1cc(-n2c(C)cc(C=CC(=O)N(C)Cc3ccccc3N3CCOCC3)c2C)no1. The Hall–Kier alpha value is -3.32. The number of morpholine rings is 1. The Balaban J connectivity index is 1.47. The maximum absolute atomic E-state index is 12.9. The number of rotatable bonds is 6. The van der Waals surface area contributed by atoms with Gasteiger partial charge in [-0.25, -0.2) is 0 Å². The summed E-state index contributed by atoms with van der Waals surface area (Å²) in [4.78, 5) is 16.9. The number of likely N-dealkylation sites (N-methyl/N-ethyl adjacent to an activating group) is 1. The molecular formula is C25H30N4O3. The summed E-state index contributed by atoms with van der Waals surface area (Å²) in [6, 6.07) is 12.2. The summed E-state index contributed by atoms with van der Waals surface area (Å²) in [5.41, 5.74) is 5.35. The topological polar surface area (TPSA) is 63.7 Å². The minimum atomic E-state index is -0.0381. The first-order valence-corrected chi connectivity index (χ1v) is 10.9. The predicted octanol–water partition coefficient (Wildman–Crippen LogP) is 3.90. The van der Waals surface area contributed by atoms with Crippen molar-refractivity contribution in [3.8, 4) is 5.82 Å². The lowest BCUT2D eigenvalue weighted by molar-refractivity contribution is -0.125. The van der Waals surface area contributed by atoms with Crippen molar-refractivity contribution in [1.29, 1.82) is 0 Å². The third-order valence-electron chi connectivity index (χ3n) is 5.85. The van der Waals surface area contributed by atoms with Crippen molar-refractivity contribution < 1.29 is 14.1 Å². The van der Waals surface area contributed by atoms with Crippen LogP contribution in [-0.4, -0.2) is 53.9 Å². The van der Waals surface area contributed by atoms with Crippen LogP contribution >= 0.6 is 0 Å². The molecular weight excluding hydrogens is 404 g/mol. The van der Waals surface area contributed by atoms with Crippen molar-refractivity contribution >= 4 is 17.7 Å². The van der Waals surface area contributed by atoms with E-state index in [2.05, 4.69) is 28.3 Å². The van der Waals surface area contributed by atoms with Gasteiger partial charge in [-0.05, 0) is 50.1 Å². The number of para-hydroxylation sites is 1. The van der Waals surface area contributed by atoms with Gasteiger partial charge in [0.15, 0.2) is 5.82 Å². The fourth-order valence-corrected chi connectivity index (χ4v) is 4.15. The van der Waals surface area contributed by atoms with Crippen molar-refractivity contribution in [3.63, 3.8) is 0 Å². The van der Waals surface area contributed by atoms with Crippen molar-refractivity contribution in [2.24, 2.45) is 0 Å². The third-order valence-corrected chi connectivity index (χ3v) is 5.85. The number of hydrogen-bond donors (Lipinski definition) is 0. The van der Waals surface area contributed by atoms with E-state index >= 15 is 0 Å². The van der Waals surface area contributed by atoms with Gasteiger partial charge in [-0.1, -0.05) is 23.4 Å². The fraction of sp³-hybridized carbons (Fsp3) is 0.360. The molecule has 1 saturated heterocycles. The van der Waals surface area contributed by atoms with Gasteiger partial charge in [-0.2, -0.15) is 0 Å². The highest BCUT2D eigenvalue weighted by Crippen LogP contribution is 2.24. The van der Waals surface area contributed by atoms with Crippen LogP contribution in [0.3, 0.4) is 0 Å². The number of anilines is 1. The molecule has 7 heteroatoms. The number of carbonyl (C=O) groups excluding carboxylic acids is 1. The van der Waals surface area contributed by atoms with Gasteiger partial charge in [0.1, 0.15) is 5.76 Å². The van der Waals surface area contributed by atoms with Crippen LogP contribution in [0.15, 0.2) is 47.0 Å². The third kappa shape index (κ3) is 4.62. The summed E-state index contributed by atoms with van der Waals surface area (Å²) in [5.74, 6) is 1.47. The molecule has 0 spiro atoms. The smallest absolute Gasteiger partial charge is 0.246 e. The molecule has 3 aromatic rings. The van der Waals surface area contributed by atoms with E-state index < -0.39 is 0 Å². The number of amides is 1. The second kappa shape index (κ2) is 9.44. The number of aryl methyl sites for hydroxylation is 2. The molecule has 0 atom stereocenters. The number of hydrogen-bond acceptors (Lipinski definition) is 5. The first kappa shape index (κ1) is 21.9. The summed E-state index contributed by atoms with van der Waals surface area (Å²) in [6.07, 6.45) is 3.51. The Morgan fingerprint density at radius 1 is 1.16 bits per heavy atom. The molecule has 1 aliphatic rings. The molecule has 32 heavy (non-hydrogen) atoms. The van der Waals surface area contributed by atoms with Crippen LogP contribution in [0.5, 0.6) is 0 Å². The molecule has 2 aromatic heterocycles. The van der Waals surface area contributed by atoms with E-state index in [1.54, 1.807) is 11.0 Å². The zero-order valence-electron chi connectivity index (χ0n) is 19.2. The highest BCUT2D eigenvalue weighted by atomic mass is 16.5. The summed E-state index contributed by atoms with van der Waals surface area (Å²) < 4.78 is 12.7. The van der Waals surface area contributed by atoms with E-state index in [1.165, 1.54) is 5.69 Å². The van der Waals surface area contributed by atoms with Crippen molar-refractivity contribution in [2.45, 2.75) is 27.3 Å². The van der Waals surface area contributed by atoms with Crippen molar-refractivity contribution in [3.05, 3.63) is 70.7 Å². The van der Waals surface area contributed by atoms with Gasteiger partial charge >= 0.3 is 0 Å². The van der Waals surface area contributed by atoms with Gasteiger partial charge < -0.3 is 19.1 Å². The minimum absolute atomic E-state index is 0.0381. The van der Waals surface area contributed by atoms with E-state index in [0.717, 1.165) is 60.4 Å². The second-order valence-corrected chi connectivity index (χ2v) is 8.21. The van der Waals surface area contributed by atoms with Crippen molar-refractivity contribution in [2.75, 3.05) is 38.3 Å². The van der Waals surface area contributed by atoms with Crippen LogP contribution in [0.1, 0.15) is 28.3 Å². The number of aromatic nitrogens is 2. The molecule has 0 unspecified atom stereocenters. The Morgan fingerprint density at radius 2 is 1.91 bits per heavy atom. The van der Waals surface area contributed by atoms with Crippen LogP contribution in [0.2, 0.25) is 0 Å². The molecule has 1 amide bonds. The van der Waals surface area contributed by atoms with Gasteiger partial charge in [0, 0.05) is 55.9 Å². The normalized spacial score (nSPS) is 14.3. The summed E-state index contributed by atoms with van der Waals surface area (Å²) >= 11 is 0. The van der Waals surface area contributed by atoms with Crippen LogP contribution in [0.25, 0.3) is 11.9 Å². The Bertz CT molecular complexity index is 1120. The van der Waals surface area contributed by atoms with Crippen LogP contribution in [0, 0.1) is 20.8 Å². The highest BCUT2D eigenvalue weighted by molar-refractivity contribution is 5.91. The molecule has 1 fully saturated rings. The molecule has 7 nitrogen and oxygen atoms in total. The highest BCUT2D eigenvalue weighted by Gasteiger charge is 2.17. The number of benzene rings is 1. The van der Waals surface area contributed by atoms with E-state index in [-0.39, 0.29) is 5.91 Å². The zero-order valence-corrected chi connectivity index (χ0v) is 19.2. The van der Waals surface area contributed by atoms with Gasteiger partial charge in [0.05, 0.1) is 13.2 Å². The lowest BCUT2D eigenvalue weighted by atomic mass is 10.1. The molecule has 0 saturated carbocycles. The van der Waals surface area contributed by atoms with E-state index in [0.29, 0.717) is 6.54 Å². The van der Waals surface area contributed by atoms with Gasteiger partial charge in [-0.15, -0.1) is 0 Å². The van der Waals surface area contributed by atoms with Crippen molar-refractivity contribution in [1.82, 2.24) is 14.6 Å². The number of nitrogens with zero attached hydrogens (tertiary/aromatic N) is 4. The molecule has 0 radical (unpaired) electrons. The minimum Gasteiger partial charge on any atom is -0.378 e. The average Bonchev–Trinajstić information content (AvgIpc) is 3.34. The molecule has 0 N–H and O–H groups in total. The molecule has 4 rings (SSSR count). The molecule has 0 aliphatic carbocycles. The maximum atomic E-state index is 12.9. The largest absolute Gasteiger partial charge is 0.378 e. The Morgan fingerprint density at radius 3 is 2.62 bits per heavy atom. The van der Waals surface area contributed by atoms with Crippen LogP contribution in [0.4, 0.5) is 5.69 Å². The number of ether oxygens (including phenoxy) is 1. The number of carbonyl (C=O) groups is 1. The standard InChI is InChI=1S/C25H30N4O3/c1-18-15-21(20(3)29(18)24-16-19(2)32-26-24)9-10-25(30)27(4)17-22-7-5-6-8-23(22)28-11-13-31-14-12-28/h5-10,15-16H,11-14,17H2,1-4H3. The first-order chi connectivity index (χ1) is 15.4. The molecule has 168 valence electrons. The van der Waals surface area contributed by atoms with E-state index in [4.69, 9.17) is 9.26 Å². The van der Waals surface area contributed by atoms with Gasteiger partial charge in [0.25, 0.3) is 0 Å². The molecule has 0 bridgehead atoms. The summed E-state index contributed by atoms with van der Waals surface area (Å²) in [5, 5.41) is 4.11. The lowest BCUT2D eigenvalue weighted by Crippen LogP contribution is -2.37. The van der Waals surface area contributed by atoms with E-state index in [1.807, 2.05) is 56.7 Å². The lowest BCUT2D eigenvalue weighted by Gasteiger charge is -2.31. The Kier molecular flexibility index (Phi) is 6.46. The summed E-state index contributed by atoms with van der Waals surface area (Å²) in [6.45, 7) is 9.67. The molecule has 1 aliphatic heterocycles. The van der Waals surface area contributed by atoms with Crippen LogP contribution in [-0.2, 0) is 16.1 Å². The van der Waals surface area contributed by atoms with Gasteiger partial charge in [-0.3, -0.25) is 9.36 Å². The maximum Gasteiger partial charge on any atom is 0.246 e. The fourth-order valence-electron chi connectivity index (χ4n) is 4.15. The molecule has 1 aromatic carbocycles. The average molecular weight is 435 g/mol. The molecule has 3 heterocycles.